The van der Waals surface area contributed by atoms with Crippen molar-refractivity contribution in [3.8, 4) is 21.8 Å². The van der Waals surface area contributed by atoms with Crippen LogP contribution in [-0.2, 0) is 6.42 Å². The van der Waals surface area contributed by atoms with E-state index in [1.54, 1.807) is 31.2 Å². The van der Waals surface area contributed by atoms with Gasteiger partial charge in [-0.25, -0.2) is 23.7 Å². The number of anilines is 1. The van der Waals surface area contributed by atoms with Gasteiger partial charge in [0.05, 0.1) is 21.8 Å². The highest BCUT2D eigenvalue weighted by molar-refractivity contribution is 7.19. The van der Waals surface area contributed by atoms with E-state index in [0.29, 0.717) is 38.2 Å². The molecule has 0 amide bonds. The lowest BCUT2D eigenvalue weighted by Gasteiger charge is -2.07. The molecule has 0 saturated heterocycles. The van der Waals surface area contributed by atoms with Crippen LogP contribution in [0.1, 0.15) is 21.6 Å². The van der Waals surface area contributed by atoms with Crippen LogP contribution >= 0.6 is 22.9 Å². The fourth-order valence-electron chi connectivity index (χ4n) is 3.22. The average molecular weight is 457 g/mol. The number of halogens is 3. The molecule has 2 heterocycles. The van der Waals surface area contributed by atoms with Crippen LogP contribution in [0.3, 0.4) is 0 Å². The number of carbonyl (C=O) groups is 1. The second-order valence-electron chi connectivity index (χ2n) is 6.79. The maximum absolute atomic E-state index is 14.0. The van der Waals surface area contributed by atoms with Crippen LogP contribution in [0.15, 0.2) is 48.5 Å². The lowest BCUT2D eigenvalue weighted by Crippen LogP contribution is -2.09. The van der Waals surface area contributed by atoms with E-state index < -0.39 is 23.0 Å². The molecule has 0 aliphatic carbocycles. The number of aromatic nitrogens is 3. The fourth-order valence-corrected chi connectivity index (χ4v) is 4.26. The third kappa shape index (κ3) is 4.45. The van der Waals surface area contributed by atoms with Crippen LogP contribution in [0.4, 0.5) is 13.9 Å². The van der Waals surface area contributed by atoms with E-state index in [-0.39, 0.29) is 11.7 Å². The number of rotatable bonds is 5. The normalized spacial score (nSPS) is 11.0. The zero-order valence-corrected chi connectivity index (χ0v) is 17.8. The van der Waals surface area contributed by atoms with E-state index in [9.17, 15) is 13.6 Å². The predicted molar refractivity (Wildman–Crippen MR) is 117 cm³/mol. The van der Waals surface area contributed by atoms with Crippen molar-refractivity contribution in [1.82, 2.24) is 15.0 Å². The summed E-state index contributed by atoms with van der Waals surface area (Å²) in [5.74, 6) is -2.41. The molecule has 5 nitrogen and oxygen atoms in total. The van der Waals surface area contributed by atoms with Crippen LogP contribution in [0.2, 0.25) is 5.28 Å². The molecule has 0 saturated carbocycles. The number of aryl methyl sites for hydroxylation is 1. The molecule has 0 aliphatic rings. The SMILES string of the molecule is Cc1cc(-c2sc(N)nc2-c2cccc(CC(=O)c3c(F)cccc3F)c2)nc(Cl)n1. The molecule has 0 atom stereocenters. The van der Waals surface area contributed by atoms with E-state index in [4.69, 9.17) is 17.3 Å². The number of carbonyl (C=O) groups excluding carboxylic acids is 1. The Bertz CT molecular complexity index is 1270. The first-order valence-corrected chi connectivity index (χ1v) is 10.4. The lowest BCUT2D eigenvalue weighted by molar-refractivity contribution is 0.0985. The number of hydrogen-bond donors (Lipinski definition) is 1. The Morgan fingerprint density at radius 1 is 1.06 bits per heavy atom. The molecule has 156 valence electrons. The highest BCUT2D eigenvalue weighted by atomic mass is 35.5. The molecule has 2 N–H and O–H groups in total. The Balaban J connectivity index is 1.71. The third-order valence-electron chi connectivity index (χ3n) is 4.51. The van der Waals surface area contributed by atoms with E-state index in [2.05, 4.69) is 15.0 Å². The van der Waals surface area contributed by atoms with Gasteiger partial charge >= 0.3 is 0 Å². The summed E-state index contributed by atoms with van der Waals surface area (Å²) in [4.78, 5) is 26.0. The van der Waals surface area contributed by atoms with Gasteiger partial charge in [-0.1, -0.05) is 35.6 Å². The number of thiazole rings is 1. The number of nitrogens with two attached hydrogens (primary N) is 1. The molecule has 0 radical (unpaired) electrons. The van der Waals surface area contributed by atoms with Crippen LogP contribution in [0, 0.1) is 18.6 Å². The topological polar surface area (TPSA) is 81.8 Å². The quantitative estimate of drug-likeness (QED) is 0.316. The molecular formula is C22H15ClF2N4OS. The molecule has 31 heavy (non-hydrogen) atoms. The monoisotopic (exact) mass is 456 g/mol. The smallest absolute Gasteiger partial charge is 0.223 e. The van der Waals surface area contributed by atoms with Crippen molar-refractivity contribution in [3.63, 3.8) is 0 Å². The number of hydrogen-bond acceptors (Lipinski definition) is 6. The Kier molecular flexibility index (Phi) is 5.75. The van der Waals surface area contributed by atoms with Gasteiger partial charge in [0.25, 0.3) is 0 Å². The first-order chi connectivity index (χ1) is 14.8. The molecule has 0 aliphatic heterocycles. The Morgan fingerprint density at radius 2 is 1.77 bits per heavy atom. The van der Waals surface area contributed by atoms with E-state index >= 15 is 0 Å². The van der Waals surface area contributed by atoms with Crippen molar-refractivity contribution in [1.29, 1.82) is 0 Å². The van der Waals surface area contributed by atoms with Gasteiger partial charge in [-0.2, -0.15) is 0 Å². The highest BCUT2D eigenvalue weighted by Gasteiger charge is 2.19. The zero-order valence-electron chi connectivity index (χ0n) is 16.2. The summed E-state index contributed by atoms with van der Waals surface area (Å²) >= 11 is 7.26. The second kappa shape index (κ2) is 8.49. The van der Waals surface area contributed by atoms with Gasteiger partial charge in [-0.3, -0.25) is 4.79 Å². The standard InChI is InChI=1S/C22H15ClF2N4OS/c1-11-8-16(28-21(23)27-11)20-19(29-22(26)31-20)13-5-2-4-12(9-13)10-17(30)18-14(24)6-3-7-15(18)25/h2-9H,10H2,1H3,(H2,26,29). The number of nitrogens with zero attached hydrogens (tertiary/aromatic N) is 3. The van der Waals surface area contributed by atoms with Gasteiger partial charge in [0.2, 0.25) is 5.28 Å². The minimum atomic E-state index is -0.883. The minimum absolute atomic E-state index is 0.110. The van der Waals surface area contributed by atoms with Gasteiger partial charge in [-0.05, 0) is 48.4 Å². The van der Waals surface area contributed by atoms with Gasteiger partial charge in [0.15, 0.2) is 10.9 Å². The summed E-state index contributed by atoms with van der Waals surface area (Å²) in [6.07, 6.45) is -0.168. The molecule has 0 spiro atoms. The van der Waals surface area contributed by atoms with Crippen molar-refractivity contribution in [2.45, 2.75) is 13.3 Å². The molecule has 4 aromatic rings. The van der Waals surface area contributed by atoms with Gasteiger partial charge in [-0.15, -0.1) is 0 Å². The second-order valence-corrected chi connectivity index (χ2v) is 8.16. The summed E-state index contributed by atoms with van der Waals surface area (Å²) in [6, 6.07) is 12.1. The van der Waals surface area contributed by atoms with Crippen molar-refractivity contribution in [3.05, 3.63) is 82.3 Å². The lowest BCUT2D eigenvalue weighted by atomic mass is 9.99. The van der Waals surface area contributed by atoms with Crippen molar-refractivity contribution >= 4 is 33.9 Å². The maximum atomic E-state index is 14.0. The van der Waals surface area contributed by atoms with Crippen molar-refractivity contribution < 1.29 is 13.6 Å². The number of Topliss-reactive ketones (excluding diaryl/α,β-unsaturated/α-hetero) is 1. The summed E-state index contributed by atoms with van der Waals surface area (Å²) in [5, 5.41) is 0.450. The van der Waals surface area contributed by atoms with Gasteiger partial charge < -0.3 is 5.73 Å². The summed E-state index contributed by atoms with van der Waals surface area (Å²) in [7, 11) is 0. The highest BCUT2D eigenvalue weighted by Crippen LogP contribution is 2.38. The van der Waals surface area contributed by atoms with Crippen LogP contribution in [0.25, 0.3) is 21.8 Å². The molecule has 0 unspecified atom stereocenters. The first kappa shape index (κ1) is 21.0. The summed E-state index contributed by atoms with van der Waals surface area (Å²) in [5.41, 5.74) is 8.53. The zero-order chi connectivity index (χ0) is 22.1. The Hall–Kier alpha value is -3.23. The number of benzene rings is 2. The first-order valence-electron chi connectivity index (χ1n) is 9.16. The molecule has 4 rings (SSSR count). The van der Waals surface area contributed by atoms with Crippen molar-refractivity contribution in [2.24, 2.45) is 0 Å². The largest absolute Gasteiger partial charge is 0.375 e. The number of nitrogen functional groups attached to an aromatic ring is 1. The predicted octanol–water partition coefficient (Wildman–Crippen LogP) is 5.51. The third-order valence-corrected chi connectivity index (χ3v) is 5.59. The Labute approximate surface area is 185 Å². The van der Waals surface area contributed by atoms with Gasteiger partial charge in [0.1, 0.15) is 11.6 Å². The summed E-state index contributed by atoms with van der Waals surface area (Å²) < 4.78 is 27.9. The van der Waals surface area contributed by atoms with E-state index in [1.165, 1.54) is 17.4 Å². The number of ketones is 1. The van der Waals surface area contributed by atoms with Gasteiger partial charge in [0, 0.05) is 17.7 Å². The fraction of sp³-hybridized carbons (Fsp3) is 0.0909. The summed E-state index contributed by atoms with van der Waals surface area (Å²) in [6.45, 7) is 1.80. The van der Waals surface area contributed by atoms with Crippen LogP contribution in [0.5, 0.6) is 0 Å². The Morgan fingerprint density at radius 3 is 2.48 bits per heavy atom. The average Bonchev–Trinajstić information content (AvgIpc) is 3.09. The van der Waals surface area contributed by atoms with Crippen LogP contribution < -0.4 is 5.73 Å². The molecule has 0 bridgehead atoms. The van der Waals surface area contributed by atoms with Crippen molar-refractivity contribution in [2.75, 3.05) is 5.73 Å². The molecule has 0 fully saturated rings. The molecule has 2 aromatic heterocycles. The van der Waals surface area contributed by atoms with E-state index in [0.717, 1.165) is 12.1 Å². The maximum Gasteiger partial charge on any atom is 0.223 e. The van der Waals surface area contributed by atoms with E-state index in [1.807, 2.05) is 6.07 Å². The molecule has 2 aromatic carbocycles. The molecular weight excluding hydrogens is 442 g/mol. The van der Waals surface area contributed by atoms with Crippen LogP contribution in [-0.4, -0.2) is 20.7 Å². The minimum Gasteiger partial charge on any atom is -0.375 e. The molecule has 9 heteroatoms.